The van der Waals surface area contributed by atoms with Crippen molar-refractivity contribution in [2.45, 2.75) is 6.92 Å². The Balaban J connectivity index is 2.30. The predicted octanol–water partition coefficient (Wildman–Crippen LogP) is 4.80. The Labute approximate surface area is 123 Å². The molecule has 2 aromatic rings. The van der Waals surface area contributed by atoms with Crippen molar-refractivity contribution in [3.8, 4) is 0 Å². The lowest BCUT2D eigenvalue weighted by Crippen LogP contribution is -2.14. The van der Waals surface area contributed by atoms with E-state index in [1.165, 1.54) is 12.1 Å². The summed E-state index contributed by atoms with van der Waals surface area (Å²) in [5, 5.41) is 2.99. The molecule has 0 unspecified atom stereocenters. The maximum atomic E-state index is 13.6. The summed E-state index contributed by atoms with van der Waals surface area (Å²) in [6.07, 6.45) is 0. The average molecular weight is 343 g/mol. The molecule has 0 bridgehead atoms. The number of halogens is 3. The van der Waals surface area contributed by atoms with E-state index in [0.717, 1.165) is 10.0 Å². The topological polar surface area (TPSA) is 29.1 Å². The quantitative estimate of drug-likeness (QED) is 0.834. The van der Waals surface area contributed by atoms with Crippen LogP contribution in [0.2, 0.25) is 5.02 Å². The van der Waals surface area contributed by atoms with E-state index in [0.29, 0.717) is 10.7 Å². The standard InChI is InChI=1S/C14H10BrClFNO/c1-8-2-5-12(17)10(6-8)14(19)18-13-7-9(15)3-4-11(13)16/h2-7H,1H3,(H,18,19). The molecule has 98 valence electrons. The molecule has 2 rings (SSSR count). The molecule has 0 saturated carbocycles. The molecule has 19 heavy (non-hydrogen) atoms. The molecule has 0 aliphatic rings. The normalized spacial score (nSPS) is 10.3. The number of nitrogens with one attached hydrogen (secondary N) is 1. The van der Waals surface area contributed by atoms with Crippen LogP contribution in [-0.2, 0) is 0 Å². The van der Waals surface area contributed by atoms with Gasteiger partial charge in [-0.3, -0.25) is 4.79 Å². The Kier molecular flexibility index (Phi) is 4.22. The lowest BCUT2D eigenvalue weighted by Gasteiger charge is -2.09. The zero-order valence-corrected chi connectivity index (χ0v) is 12.3. The zero-order chi connectivity index (χ0) is 14.0. The molecule has 0 aromatic heterocycles. The molecule has 0 aliphatic carbocycles. The molecule has 2 aromatic carbocycles. The van der Waals surface area contributed by atoms with Gasteiger partial charge in [0.05, 0.1) is 16.3 Å². The number of rotatable bonds is 2. The van der Waals surface area contributed by atoms with Gasteiger partial charge in [-0.15, -0.1) is 0 Å². The Morgan fingerprint density at radius 3 is 2.74 bits per heavy atom. The molecule has 0 radical (unpaired) electrons. The van der Waals surface area contributed by atoms with E-state index in [4.69, 9.17) is 11.6 Å². The molecule has 1 N–H and O–H groups in total. The van der Waals surface area contributed by atoms with Gasteiger partial charge in [-0.1, -0.05) is 39.2 Å². The van der Waals surface area contributed by atoms with Crippen molar-refractivity contribution < 1.29 is 9.18 Å². The van der Waals surface area contributed by atoms with Crippen LogP contribution in [-0.4, -0.2) is 5.91 Å². The van der Waals surface area contributed by atoms with Crippen LogP contribution in [0.4, 0.5) is 10.1 Å². The highest BCUT2D eigenvalue weighted by molar-refractivity contribution is 9.10. The van der Waals surface area contributed by atoms with Crippen LogP contribution in [0, 0.1) is 12.7 Å². The molecule has 2 nitrogen and oxygen atoms in total. The fourth-order valence-corrected chi connectivity index (χ4v) is 2.12. The van der Waals surface area contributed by atoms with E-state index >= 15 is 0 Å². The smallest absolute Gasteiger partial charge is 0.258 e. The van der Waals surface area contributed by atoms with Crippen molar-refractivity contribution in [2.75, 3.05) is 5.32 Å². The van der Waals surface area contributed by atoms with Crippen LogP contribution in [0.1, 0.15) is 15.9 Å². The highest BCUT2D eigenvalue weighted by atomic mass is 79.9. The number of hydrogen-bond acceptors (Lipinski definition) is 1. The number of aryl methyl sites for hydroxylation is 1. The van der Waals surface area contributed by atoms with Crippen LogP contribution >= 0.6 is 27.5 Å². The second-order valence-corrected chi connectivity index (χ2v) is 5.38. The fourth-order valence-electron chi connectivity index (χ4n) is 1.60. The summed E-state index contributed by atoms with van der Waals surface area (Å²) >= 11 is 9.25. The van der Waals surface area contributed by atoms with Crippen molar-refractivity contribution in [1.29, 1.82) is 0 Å². The molecular weight excluding hydrogens is 333 g/mol. The number of carbonyl (C=O) groups is 1. The van der Waals surface area contributed by atoms with E-state index in [9.17, 15) is 9.18 Å². The molecule has 0 spiro atoms. The first-order valence-electron chi connectivity index (χ1n) is 5.50. The van der Waals surface area contributed by atoms with E-state index in [-0.39, 0.29) is 5.56 Å². The Hall–Kier alpha value is -1.39. The lowest BCUT2D eigenvalue weighted by molar-refractivity contribution is 0.102. The van der Waals surface area contributed by atoms with Crippen molar-refractivity contribution >= 4 is 39.1 Å². The molecule has 5 heteroatoms. The maximum absolute atomic E-state index is 13.6. The molecule has 0 saturated heterocycles. The van der Waals surface area contributed by atoms with Gasteiger partial charge in [0.25, 0.3) is 5.91 Å². The van der Waals surface area contributed by atoms with E-state index in [2.05, 4.69) is 21.2 Å². The minimum atomic E-state index is -0.561. The molecule has 0 atom stereocenters. The Morgan fingerprint density at radius 1 is 1.26 bits per heavy atom. The van der Waals surface area contributed by atoms with Crippen molar-refractivity contribution in [2.24, 2.45) is 0 Å². The van der Waals surface area contributed by atoms with Crippen molar-refractivity contribution in [1.82, 2.24) is 0 Å². The fraction of sp³-hybridized carbons (Fsp3) is 0.0714. The lowest BCUT2D eigenvalue weighted by atomic mass is 10.1. The summed E-state index contributed by atoms with van der Waals surface area (Å²) in [5.74, 6) is -1.09. The van der Waals surface area contributed by atoms with Gasteiger partial charge in [0, 0.05) is 4.47 Å². The minimum Gasteiger partial charge on any atom is -0.321 e. The minimum absolute atomic E-state index is 0.00366. The molecular formula is C14H10BrClFNO. The van der Waals surface area contributed by atoms with Crippen LogP contribution in [0.15, 0.2) is 40.9 Å². The monoisotopic (exact) mass is 341 g/mol. The highest BCUT2D eigenvalue weighted by Gasteiger charge is 2.13. The number of hydrogen-bond donors (Lipinski definition) is 1. The first-order chi connectivity index (χ1) is 8.97. The summed E-state index contributed by atoms with van der Waals surface area (Å²) < 4.78 is 14.4. The molecule has 0 aliphatic heterocycles. The van der Waals surface area contributed by atoms with Gasteiger partial charge < -0.3 is 5.32 Å². The summed E-state index contributed by atoms with van der Waals surface area (Å²) in [4.78, 5) is 12.0. The van der Waals surface area contributed by atoms with E-state index in [1.807, 2.05) is 0 Å². The first-order valence-corrected chi connectivity index (χ1v) is 6.67. The summed E-state index contributed by atoms with van der Waals surface area (Å²) in [5.41, 5.74) is 1.24. The predicted molar refractivity (Wildman–Crippen MR) is 78.2 cm³/mol. The van der Waals surface area contributed by atoms with Crippen LogP contribution in [0.5, 0.6) is 0 Å². The van der Waals surface area contributed by atoms with Gasteiger partial charge in [-0.05, 0) is 37.3 Å². The van der Waals surface area contributed by atoms with Gasteiger partial charge >= 0.3 is 0 Å². The van der Waals surface area contributed by atoms with Gasteiger partial charge in [0.15, 0.2) is 0 Å². The Bertz CT molecular complexity index is 645. The zero-order valence-electron chi connectivity index (χ0n) is 10.0. The SMILES string of the molecule is Cc1ccc(F)c(C(=O)Nc2cc(Br)ccc2Cl)c1. The molecule has 1 amide bonds. The van der Waals surface area contributed by atoms with Gasteiger partial charge in [-0.2, -0.15) is 0 Å². The van der Waals surface area contributed by atoms with Crippen LogP contribution in [0.25, 0.3) is 0 Å². The molecule has 0 heterocycles. The highest BCUT2D eigenvalue weighted by Crippen LogP contribution is 2.26. The van der Waals surface area contributed by atoms with Gasteiger partial charge in [0.1, 0.15) is 5.82 Å². The number of amides is 1. The average Bonchev–Trinajstić information content (AvgIpc) is 2.36. The third-order valence-corrected chi connectivity index (χ3v) is 3.37. The summed E-state index contributed by atoms with van der Waals surface area (Å²) in [6, 6.07) is 9.44. The van der Waals surface area contributed by atoms with E-state index in [1.54, 1.807) is 31.2 Å². The second kappa shape index (κ2) is 5.72. The van der Waals surface area contributed by atoms with E-state index < -0.39 is 11.7 Å². The first kappa shape index (κ1) is 14.0. The summed E-state index contributed by atoms with van der Waals surface area (Å²) in [7, 11) is 0. The maximum Gasteiger partial charge on any atom is 0.258 e. The second-order valence-electron chi connectivity index (χ2n) is 4.06. The number of anilines is 1. The molecule has 0 fully saturated rings. The summed E-state index contributed by atoms with van der Waals surface area (Å²) in [6.45, 7) is 1.79. The van der Waals surface area contributed by atoms with Gasteiger partial charge in [0.2, 0.25) is 0 Å². The number of carbonyl (C=O) groups excluding carboxylic acids is 1. The third-order valence-electron chi connectivity index (χ3n) is 2.54. The number of benzene rings is 2. The van der Waals surface area contributed by atoms with Gasteiger partial charge in [-0.25, -0.2) is 4.39 Å². The third kappa shape index (κ3) is 3.33. The largest absolute Gasteiger partial charge is 0.321 e. The Morgan fingerprint density at radius 2 is 2.00 bits per heavy atom. The van der Waals surface area contributed by atoms with Crippen molar-refractivity contribution in [3.05, 3.63) is 62.8 Å². The van der Waals surface area contributed by atoms with Crippen LogP contribution in [0.3, 0.4) is 0 Å². The van der Waals surface area contributed by atoms with Crippen LogP contribution < -0.4 is 5.32 Å². The van der Waals surface area contributed by atoms with Crippen molar-refractivity contribution in [3.63, 3.8) is 0 Å².